The molecule has 0 heterocycles. The topological polar surface area (TPSA) is 69.2 Å². The molecular formula is C10H12N2O2. The monoisotopic (exact) mass is 192 g/mol. The Morgan fingerprint density at radius 2 is 2.29 bits per heavy atom. The van der Waals surface area contributed by atoms with Gasteiger partial charge in [-0.15, -0.1) is 0 Å². The molecule has 0 radical (unpaired) electrons. The van der Waals surface area contributed by atoms with Gasteiger partial charge in [-0.3, -0.25) is 10.1 Å². The average molecular weight is 192 g/mol. The first-order valence-electron chi connectivity index (χ1n) is 4.27. The number of nitro groups is 1. The number of nitrogens with zero attached hydrogens (tertiary/aromatic N) is 1. The molecular weight excluding hydrogens is 180 g/mol. The number of rotatable bonds is 3. The van der Waals surface area contributed by atoms with Gasteiger partial charge in [-0.2, -0.15) is 0 Å². The van der Waals surface area contributed by atoms with E-state index in [9.17, 15) is 10.1 Å². The van der Waals surface area contributed by atoms with E-state index in [2.05, 4.69) is 0 Å². The van der Waals surface area contributed by atoms with Gasteiger partial charge in [0.15, 0.2) is 0 Å². The van der Waals surface area contributed by atoms with Crippen LogP contribution in [0.15, 0.2) is 24.3 Å². The van der Waals surface area contributed by atoms with Crippen molar-refractivity contribution < 1.29 is 4.92 Å². The Hall–Kier alpha value is -1.68. The van der Waals surface area contributed by atoms with E-state index in [1.807, 2.05) is 13.0 Å². The number of benzene rings is 1. The molecule has 0 spiro atoms. The normalized spacial score (nSPS) is 10.7. The number of nitrogens with two attached hydrogens (primary N) is 1. The van der Waals surface area contributed by atoms with Gasteiger partial charge in [-0.25, -0.2) is 0 Å². The summed E-state index contributed by atoms with van der Waals surface area (Å²) in [5.41, 5.74) is 6.92. The van der Waals surface area contributed by atoms with Gasteiger partial charge in [0.05, 0.1) is 10.5 Å². The lowest BCUT2D eigenvalue weighted by atomic mass is 10.1. The Balaban J connectivity index is 3.22. The summed E-state index contributed by atoms with van der Waals surface area (Å²) in [7, 11) is 0. The molecule has 0 aliphatic heterocycles. The van der Waals surface area contributed by atoms with Crippen molar-refractivity contribution in [3.63, 3.8) is 0 Å². The van der Waals surface area contributed by atoms with E-state index >= 15 is 0 Å². The predicted molar refractivity (Wildman–Crippen MR) is 55.9 cm³/mol. The maximum atomic E-state index is 10.7. The molecule has 1 aromatic rings. The number of hydrogen-bond acceptors (Lipinski definition) is 3. The second-order valence-electron chi connectivity index (χ2n) is 2.90. The molecule has 0 saturated carbocycles. The van der Waals surface area contributed by atoms with Crippen LogP contribution in [0.2, 0.25) is 0 Å². The summed E-state index contributed by atoms with van der Waals surface area (Å²) in [6.07, 6.45) is 3.39. The molecule has 0 fully saturated rings. The third-order valence-electron chi connectivity index (χ3n) is 1.92. The Labute approximate surface area is 82.2 Å². The molecule has 0 saturated heterocycles. The van der Waals surface area contributed by atoms with Crippen LogP contribution in [0.4, 0.5) is 5.69 Å². The van der Waals surface area contributed by atoms with Crippen LogP contribution < -0.4 is 5.73 Å². The minimum atomic E-state index is -0.386. The Kier molecular flexibility index (Phi) is 3.36. The molecule has 0 atom stereocenters. The fourth-order valence-electron chi connectivity index (χ4n) is 1.23. The highest BCUT2D eigenvalue weighted by Crippen LogP contribution is 2.22. The highest BCUT2D eigenvalue weighted by molar-refractivity contribution is 5.64. The van der Waals surface area contributed by atoms with Crippen LogP contribution in [-0.4, -0.2) is 11.5 Å². The van der Waals surface area contributed by atoms with E-state index in [1.54, 1.807) is 18.2 Å². The minimum absolute atomic E-state index is 0.120. The molecule has 74 valence electrons. The molecule has 4 heteroatoms. The maximum Gasteiger partial charge on any atom is 0.276 e. The minimum Gasteiger partial charge on any atom is -0.327 e. The fraction of sp³-hybridized carbons (Fsp3) is 0.200. The van der Waals surface area contributed by atoms with Crippen molar-refractivity contribution in [2.45, 2.75) is 6.92 Å². The first-order chi connectivity index (χ1) is 6.66. The van der Waals surface area contributed by atoms with Crippen molar-refractivity contribution >= 4 is 11.8 Å². The zero-order chi connectivity index (χ0) is 10.6. The van der Waals surface area contributed by atoms with Crippen LogP contribution in [0.1, 0.15) is 11.1 Å². The van der Waals surface area contributed by atoms with Crippen molar-refractivity contribution in [2.24, 2.45) is 5.73 Å². The van der Waals surface area contributed by atoms with E-state index < -0.39 is 0 Å². The molecule has 0 bridgehead atoms. The highest BCUT2D eigenvalue weighted by atomic mass is 16.6. The van der Waals surface area contributed by atoms with Crippen molar-refractivity contribution in [3.8, 4) is 0 Å². The van der Waals surface area contributed by atoms with Crippen LogP contribution in [0.3, 0.4) is 0 Å². The van der Waals surface area contributed by atoms with Gasteiger partial charge < -0.3 is 5.73 Å². The molecule has 14 heavy (non-hydrogen) atoms. The van der Waals surface area contributed by atoms with Crippen LogP contribution in [0.25, 0.3) is 6.08 Å². The van der Waals surface area contributed by atoms with Crippen molar-refractivity contribution in [3.05, 3.63) is 45.5 Å². The van der Waals surface area contributed by atoms with E-state index in [0.29, 0.717) is 12.1 Å². The first-order valence-corrected chi connectivity index (χ1v) is 4.27. The van der Waals surface area contributed by atoms with Gasteiger partial charge in [-0.05, 0) is 12.5 Å². The average Bonchev–Trinajstić information content (AvgIpc) is 2.15. The summed E-state index contributed by atoms with van der Waals surface area (Å²) in [6, 6.07) is 5.00. The van der Waals surface area contributed by atoms with Crippen LogP contribution >= 0.6 is 0 Å². The molecule has 0 aliphatic carbocycles. The maximum absolute atomic E-state index is 10.7. The Morgan fingerprint density at radius 3 is 2.86 bits per heavy atom. The summed E-state index contributed by atoms with van der Waals surface area (Å²) in [5, 5.41) is 10.7. The van der Waals surface area contributed by atoms with Gasteiger partial charge in [-0.1, -0.05) is 24.3 Å². The molecule has 0 unspecified atom stereocenters. The summed E-state index contributed by atoms with van der Waals surface area (Å²) in [6.45, 7) is 2.22. The smallest absolute Gasteiger partial charge is 0.276 e. The van der Waals surface area contributed by atoms with Gasteiger partial charge in [0.2, 0.25) is 0 Å². The molecule has 0 aromatic heterocycles. The highest BCUT2D eigenvalue weighted by Gasteiger charge is 2.11. The zero-order valence-electron chi connectivity index (χ0n) is 7.93. The lowest BCUT2D eigenvalue weighted by Crippen LogP contribution is -1.95. The summed E-state index contributed by atoms with van der Waals surface area (Å²) in [5.74, 6) is 0. The molecule has 0 aliphatic rings. The predicted octanol–water partition coefficient (Wildman–Crippen LogP) is 1.88. The van der Waals surface area contributed by atoms with Gasteiger partial charge >= 0.3 is 0 Å². The van der Waals surface area contributed by atoms with E-state index in [1.165, 1.54) is 6.07 Å². The first kappa shape index (κ1) is 10.4. The van der Waals surface area contributed by atoms with Gasteiger partial charge in [0.25, 0.3) is 5.69 Å². The van der Waals surface area contributed by atoms with Crippen molar-refractivity contribution in [1.29, 1.82) is 0 Å². The third kappa shape index (κ3) is 2.17. The second-order valence-corrected chi connectivity index (χ2v) is 2.90. The van der Waals surface area contributed by atoms with Crippen LogP contribution in [0, 0.1) is 17.0 Å². The van der Waals surface area contributed by atoms with Crippen LogP contribution in [-0.2, 0) is 0 Å². The molecule has 1 aromatic carbocycles. The lowest BCUT2D eigenvalue weighted by Gasteiger charge is -2.00. The van der Waals surface area contributed by atoms with Gasteiger partial charge in [0, 0.05) is 12.6 Å². The molecule has 2 N–H and O–H groups in total. The molecule has 1 rings (SSSR count). The van der Waals surface area contributed by atoms with Crippen LogP contribution in [0.5, 0.6) is 0 Å². The SMILES string of the molecule is Cc1cccc([N+](=O)[O-])c1C=CCN. The fourth-order valence-corrected chi connectivity index (χ4v) is 1.23. The number of hydrogen-bond donors (Lipinski definition) is 1. The number of nitro benzene ring substituents is 1. The lowest BCUT2D eigenvalue weighted by molar-refractivity contribution is -0.385. The number of aryl methyl sites for hydroxylation is 1. The quantitative estimate of drug-likeness (QED) is 0.587. The summed E-state index contributed by atoms with van der Waals surface area (Å²) >= 11 is 0. The van der Waals surface area contributed by atoms with E-state index in [0.717, 1.165) is 5.56 Å². The van der Waals surface area contributed by atoms with E-state index in [-0.39, 0.29) is 10.6 Å². The van der Waals surface area contributed by atoms with Crippen molar-refractivity contribution in [1.82, 2.24) is 0 Å². The largest absolute Gasteiger partial charge is 0.327 e. The van der Waals surface area contributed by atoms with Crippen molar-refractivity contribution in [2.75, 3.05) is 6.54 Å². The zero-order valence-corrected chi connectivity index (χ0v) is 7.93. The standard InChI is InChI=1S/C10H12N2O2/c1-8-4-2-6-10(12(13)14)9(8)5-3-7-11/h2-6H,7,11H2,1H3. The Bertz CT molecular complexity index is 372. The van der Waals surface area contributed by atoms with Gasteiger partial charge in [0.1, 0.15) is 0 Å². The molecule has 0 amide bonds. The van der Waals surface area contributed by atoms with E-state index in [4.69, 9.17) is 5.73 Å². The second kappa shape index (κ2) is 4.53. The summed E-state index contributed by atoms with van der Waals surface area (Å²) in [4.78, 5) is 10.3. The Morgan fingerprint density at radius 1 is 1.57 bits per heavy atom. The molecule has 4 nitrogen and oxygen atoms in total. The summed E-state index contributed by atoms with van der Waals surface area (Å²) < 4.78 is 0. The third-order valence-corrected chi connectivity index (χ3v) is 1.92.